The third kappa shape index (κ3) is 3.83. The first kappa shape index (κ1) is 20.5. The maximum atomic E-state index is 12.6. The summed E-state index contributed by atoms with van der Waals surface area (Å²) < 4.78 is 2.21. The predicted molar refractivity (Wildman–Crippen MR) is 125 cm³/mol. The number of hydrogen-bond donors (Lipinski definition) is 0. The van der Waals surface area contributed by atoms with Crippen molar-refractivity contribution in [2.45, 2.75) is 19.9 Å². The molecule has 0 bridgehead atoms. The van der Waals surface area contributed by atoms with E-state index in [0.29, 0.717) is 16.5 Å². The predicted octanol–water partition coefficient (Wildman–Crippen LogP) is 6.13. The van der Waals surface area contributed by atoms with Crippen molar-refractivity contribution in [3.63, 3.8) is 0 Å². The molecule has 1 aliphatic rings. The van der Waals surface area contributed by atoms with Gasteiger partial charge in [-0.25, -0.2) is 0 Å². The summed E-state index contributed by atoms with van der Waals surface area (Å²) >= 11 is 7.01. The number of hydrogen-bond acceptors (Lipinski definition) is 3. The van der Waals surface area contributed by atoms with E-state index >= 15 is 0 Å². The fraction of sp³-hybridized carbons (Fsp3) is 0.167. The van der Waals surface area contributed by atoms with E-state index in [1.165, 1.54) is 10.5 Å². The molecule has 0 spiro atoms. The van der Waals surface area contributed by atoms with Crippen LogP contribution in [0.4, 0.5) is 4.79 Å². The molecule has 4 nitrogen and oxygen atoms in total. The number of nitrogens with zero attached hydrogens (tertiary/aromatic N) is 2. The molecular weight excluding hydrogens is 416 g/mol. The highest BCUT2D eigenvalue weighted by molar-refractivity contribution is 8.18. The summed E-state index contributed by atoms with van der Waals surface area (Å²) in [6, 6.07) is 14.0. The zero-order valence-corrected chi connectivity index (χ0v) is 18.2. The fourth-order valence-corrected chi connectivity index (χ4v) is 4.67. The second kappa shape index (κ2) is 8.54. The van der Waals surface area contributed by atoms with Crippen molar-refractivity contribution in [2.24, 2.45) is 0 Å². The van der Waals surface area contributed by atoms with Gasteiger partial charge in [-0.1, -0.05) is 54.9 Å². The van der Waals surface area contributed by atoms with Gasteiger partial charge in [-0.3, -0.25) is 14.5 Å². The minimum absolute atomic E-state index is 0.223. The molecule has 1 fully saturated rings. The minimum atomic E-state index is -0.268. The van der Waals surface area contributed by atoms with Crippen molar-refractivity contribution in [3.05, 3.63) is 87.9 Å². The van der Waals surface area contributed by atoms with E-state index < -0.39 is 0 Å². The number of aromatic nitrogens is 1. The smallest absolute Gasteiger partial charge is 0.293 e. The van der Waals surface area contributed by atoms with Crippen molar-refractivity contribution in [3.8, 4) is 0 Å². The second-order valence-corrected chi connectivity index (χ2v) is 8.52. The van der Waals surface area contributed by atoms with E-state index in [0.717, 1.165) is 40.2 Å². The van der Waals surface area contributed by atoms with Crippen molar-refractivity contribution < 1.29 is 9.59 Å². The van der Waals surface area contributed by atoms with Gasteiger partial charge in [0.15, 0.2) is 0 Å². The highest BCUT2D eigenvalue weighted by atomic mass is 35.5. The van der Waals surface area contributed by atoms with Crippen molar-refractivity contribution in [1.82, 2.24) is 9.47 Å². The van der Waals surface area contributed by atoms with Crippen LogP contribution in [0.25, 0.3) is 17.0 Å². The highest BCUT2D eigenvalue weighted by Crippen LogP contribution is 2.35. The van der Waals surface area contributed by atoms with Crippen molar-refractivity contribution in [1.29, 1.82) is 0 Å². The molecule has 2 amide bonds. The summed E-state index contributed by atoms with van der Waals surface area (Å²) in [7, 11) is 0. The lowest BCUT2D eigenvalue weighted by atomic mass is 10.1. The second-order valence-electron chi connectivity index (χ2n) is 7.09. The summed E-state index contributed by atoms with van der Waals surface area (Å²) in [5, 5.41) is 1.52. The Bertz CT molecular complexity index is 1180. The molecule has 6 heteroatoms. The summed E-state index contributed by atoms with van der Waals surface area (Å²) in [6.07, 6.45) is 6.34. The van der Waals surface area contributed by atoms with Crippen molar-refractivity contribution in [2.75, 3.05) is 6.54 Å². The molecule has 1 saturated heterocycles. The number of amides is 2. The lowest BCUT2D eigenvalue weighted by Crippen LogP contribution is -2.27. The fourth-order valence-electron chi connectivity index (χ4n) is 3.70. The maximum absolute atomic E-state index is 12.6. The van der Waals surface area contributed by atoms with Gasteiger partial charge in [-0.2, -0.15) is 0 Å². The van der Waals surface area contributed by atoms with E-state index in [1.807, 2.05) is 36.4 Å². The molecule has 0 unspecified atom stereocenters. The lowest BCUT2D eigenvalue weighted by molar-refractivity contribution is -0.122. The van der Waals surface area contributed by atoms with Gasteiger partial charge in [0, 0.05) is 35.3 Å². The molecule has 152 valence electrons. The van der Waals surface area contributed by atoms with Gasteiger partial charge in [0.1, 0.15) is 0 Å². The Morgan fingerprint density at radius 2 is 1.90 bits per heavy atom. The van der Waals surface area contributed by atoms with E-state index in [4.69, 9.17) is 11.6 Å². The average molecular weight is 437 g/mol. The molecule has 30 heavy (non-hydrogen) atoms. The van der Waals surface area contributed by atoms with Gasteiger partial charge >= 0.3 is 0 Å². The van der Waals surface area contributed by atoms with Gasteiger partial charge in [-0.15, -0.1) is 6.58 Å². The zero-order chi connectivity index (χ0) is 21.3. The zero-order valence-electron chi connectivity index (χ0n) is 16.6. The number of aryl methyl sites for hydroxylation is 1. The van der Waals surface area contributed by atoms with Gasteiger partial charge in [-0.05, 0) is 47.5 Å². The number of thioether (sulfide) groups is 1. The number of fused-ring (bicyclic) bond motifs is 1. The van der Waals surface area contributed by atoms with Gasteiger partial charge in [0.05, 0.1) is 10.4 Å². The Morgan fingerprint density at radius 3 is 2.60 bits per heavy atom. The molecule has 0 atom stereocenters. The molecule has 4 rings (SSSR count). The molecule has 0 saturated carbocycles. The molecule has 1 aromatic heterocycles. The van der Waals surface area contributed by atoms with E-state index in [-0.39, 0.29) is 17.7 Å². The maximum Gasteiger partial charge on any atom is 0.293 e. The molecule has 2 aromatic carbocycles. The number of benzene rings is 2. The van der Waals surface area contributed by atoms with E-state index in [9.17, 15) is 9.59 Å². The topological polar surface area (TPSA) is 42.3 Å². The third-order valence-electron chi connectivity index (χ3n) is 5.13. The van der Waals surface area contributed by atoms with Crippen molar-refractivity contribution >= 4 is 51.5 Å². The molecule has 0 aliphatic carbocycles. The van der Waals surface area contributed by atoms with Crippen LogP contribution in [0.1, 0.15) is 23.6 Å². The van der Waals surface area contributed by atoms with Crippen LogP contribution in [0.5, 0.6) is 0 Å². The standard InChI is InChI=1S/C24H21ClN2O2S/c1-3-12-27-23(28)21(30-24(27)29)13-18-15-26(14-16-8-10-19(25)11-9-16)22-17(4-2)6-5-7-20(18)22/h3,5-11,13,15H,1,4,12,14H2,2H3/b21-13-. The Morgan fingerprint density at radius 1 is 1.13 bits per heavy atom. The SMILES string of the molecule is C=CCN1C(=O)S/C(=C\c2cn(Cc3ccc(Cl)cc3)c3c(CC)cccc23)C1=O. The average Bonchev–Trinajstić information content (AvgIpc) is 3.22. The van der Waals surface area contributed by atoms with Crippen LogP contribution in [0.2, 0.25) is 5.02 Å². The number of imide groups is 1. The quantitative estimate of drug-likeness (QED) is 0.345. The van der Waals surface area contributed by atoms with Crippen LogP contribution in [0, 0.1) is 0 Å². The number of para-hydroxylation sites is 1. The van der Waals surface area contributed by atoms with Crippen LogP contribution in [-0.4, -0.2) is 27.2 Å². The number of carbonyl (C=O) groups is 2. The van der Waals surface area contributed by atoms with Crippen LogP contribution in [0.15, 0.2) is 66.2 Å². The number of halogens is 1. The van der Waals surface area contributed by atoms with Crippen LogP contribution >= 0.6 is 23.4 Å². The Balaban J connectivity index is 1.79. The van der Waals surface area contributed by atoms with E-state index in [1.54, 1.807) is 6.08 Å². The van der Waals surface area contributed by atoms with E-state index in [2.05, 4.69) is 36.4 Å². The highest BCUT2D eigenvalue weighted by Gasteiger charge is 2.34. The largest absolute Gasteiger partial charge is 0.342 e. The Hall–Kier alpha value is -2.76. The normalized spacial score (nSPS) is 15.5. The lowest BCUT2D eigenvalue weighted by Gasteiger charge is -2.09. The first-order chi connectivity index (χ1) is 14.5. The molecule has 2 heterocycles. The minimum Gasteiger partial charge on any atom is -0.342 e. The number of carbonyl (C=O) groups excluding carboxylic acids is 2. The molecule has 0 radical (unpaired) electrons. The van der Waals surface area contributed by atoms with Gasteiger partial charge < -0.3 is 4.57 Å². The monoisotopic (exact) mass is 436 g/mol. The first-order valence-corrected chi connectivity index (χ1v) is 10.9. The van der Waals surface area contributed by atoms with Crippen LogP contribution in [0.3, 0.4) is 0 Å². The molecule has 1 aliphatic heterocycles. The van der Waals surface area contributed by atoms with Gasteiger partial charge in [0.2, 0.25) is 0 Å². The summed E-state index contributed by atoms with van der Waals surface area (Å²) in [5.74, 6) is -0.268. The molecule has 3 aromatic rings. The van der Waals surface area contributed by atoms with Crippen LogP contribution in [-0.2, 0) is 17.8 Å². The third-order valence-corrected chi connectivity index (χ3v) is 6.29. The summed E-state index contributed by atoms with van der Waals surface area (Å²) in [6.45, 7) is 6.67. The van der Waals surface area contributed by atoms with Crippen LogP contribution < -0.4 is 0 Å². The first-order valence-electron chi connectivity index (χ1n) is 9.73. The summed E-state index contributed by atoms with van der Waals surface area (Å²) in [4.78, 5) is 26.5. The number of rotatable bonds is 6. The molecule has 0 N–H and O–H groups in total. The van der Waals surface area contributed by atoms with Gasteiger partial charge in [0.25, 0.3) is 11.1 Å². The Kier molecular flexibility index (Phi) is 5.84. The molecular formula is C24H21ClN2O2S. The summed E-state index contributed by atoms with van der Waals surface area (Å²) in [5.41, 5.74) is 4.45. The Labute approximate surface area is 184 Å².